The molecule has 7 heteroatoms. The molecular weight excluding hydrogens is 526 g/mol. The van der Waals surface area contributed by atoms with Gasteiger partial charge in [-0.15, -0.1) is 0 Å². The van der Waals surface area contributed by atoms with Crippen LogP contribution in [0.25, 0.3) is 12.2 Å². The first-order chi connectivity index (χ1) is 18.0. The lowest BCUT2D eigenvalue weighted by atomic mass is 9.84. The van der Waals surface area contributed by atoms with Crippen molar-refractivity contribution in [2.75, 3.05) is 0 Å². The quantitative estimate of drug-likeness (QED) is 0.274. The maximum atomic E-state index is 13.8. The number of thiazole rings is 1. The summed E-state index contributed by atoms with van der Waals surface area (Å²) < 4.78 is 15.7. The van der Waals surface area contributed by atoms with Crippen molar-refractivity contribution in [3.8, 4) is 0 Å². The predicted octanol–water partition coefficient (Wildman–Crippen LogP) is 6.93. The van der Waals surface area contributed by atoms with Crippen molar-refractivity contribution in [3.63, 3.8) is 0 Å². The average molecular weight is 547 g/mol. The van der Waals surface area contributed by atoms with Crippen LogP contribution in [0.1, 0.15) is 42.0 Å². The van der Waals surface area contributed by atoms with Gasteiger partial charge in [-0.3, -0.25) is 9.36 Å². The Labute approximate surface area is 227 Å². The number of halogens is 3. The minimum atomic E-state index is -0.356. The van der Waals surface area contributed by atoms with Crippen molar-refractivity contribution in [1.82, 2.24) is 4.57 Å². The van der Waals surface area contributed by atoms with E-state index in [9.17, 15) is 9.18 Å². The Morgan fingerprint density at radius 2 is 1.65 bits per heavy atom. The van der Waals surface area contributed by atoms with Gasteiger partial charge in [-0.25, -0.2) is 9.38 Å². The van der Waals surface area contributed by atoms with Crippen LogP contribution < -0.4 is 14.9 Å². The lowest BCUT2D eigenvalue weighted by molar-refractivity contribution is 0.553. The van der Waals surface area contributed by atoms with Gasteiger partial charge in [-0.1, -0.05) is 83.1 Å². The fourth-order valence-electron chi connectivity index (χ4n) is 5.02. The largest absolute Gasteiger partial charge is 0.272 e. The first kappa shape index (κ1) is 24.1. The summed E-state index contributed by atoms with van der Waals surface area (Å²) in [6.45, 7) is 0. The van der Waals surface area contributed by atoms with E-state index < -0.39 is 0 Å². The van der Waals surface area contributed by atoms with Crippen molar-refractivity contribution in [2.45, 2.75) is 25.3 Å². The molecule has 0 fully saturated rings. The molecule has 3 aromatic carbocycles. The van der Waals surface area contributed by atoms with Crippen molar-refractivity contribution < 1.29 is 4.39 Å². The summed E-state index contributed by atoms with van der Waals surface area (Å²) in [5.74, 6) is -0.317. The van der Waals surface area contributed by atoms with E-state index >= 15 is 0 Å². The molecule has 1 aliphatic heterocycles. The number of benzene rings is 3. The molecule has 0 unspecified atom stereocenters. The van der Waals surface area contributed by atoms with E-state index in [-0.39, 0.29) is 17.4 Å². The highest BCUT2D eigenvalue weighted by molar-refractivity contribution is 7.07. The number of nitrogens with zero attached hydrogens (tertiary/aromatic N) is 2. The Morgan fingerprint density at radius 3 is 2.41 bits per heavy atom. The summed E-state index contributed by atoms with van der Waals surface area (Å²) in [4.78, 5) is 19.4. The number of hydrogen-bond acceptors (Lipinski definition) is 3. The average Bonchev–Trinajstić information content (AvgIpc) is 3.21. The molecule has 0 amide bonds. The molecule has 2 aliphatic rings. The highest BCUT2D eigenvalue weighted by Crippen LogP contribution is 2.42. The minimum Gasteiger partial charge on any atom is -0.272 e. The van der Waals surface area contributed by atoms with Gasteiger partial charge in [0.15, 0.2) is 4.80 Å². The second-order valence-electron chi connectivity index (χ2n) is 9.07. The number of aromatic nitrogens is 1. The molecule has 1 atom stereocenters. The maximum Gasteiger partial charge on any atom is 0.271 e. The van der Waals surface area contributed by atoms with Crippen LogP contribution in [0.4, 0.5) is 4.39 Å². The van der Waals surface area contributed by atoms with Gasteiger partial charge in [0.05, 0.1) is 16.3 Å². The summed E-state index contributed by atoms with van der Waals surface area (Å²) in [6, 6.07) is 21.2. The molecule has 0 saturated heterocycles. The van der Waals surface area contributed by atoms with Gasteiger partial charge in [-0.05, 0) is 83.5 Å². The second kappa shape index (κ2) is 9.90. The molecule has 1 aliphatic carbocycles. The van der Waals surface area contributed by atoms with Crippen LogP contribution in [-0.2, 0) is 0 Å². The van der Waals surface area contributed by atoms with Crippen molar-refractivity contribution in [3.05, 3.63) is 142 Å². The van der Waals surface area contributed by atoms with E-state index in [2.05, 4.69) is 6.08 Å². The molecule has 0 bridgehead atoms. The van der Waals surface area contributed by atoms with Crippen molar-refractivity contribution in [1.29, 1.82) is 0 Å². The predicted molar refractivity (Wildman–Crippen MR) is 149 cm³/mol. The topological polar surface area (TPSA) is 34.4 Å². The number of hydrogen-bond donors (Lipinski definition) is 0. The van der Waals surface area contributed by atoms with Crippen LogP contribution in [0.15, 0.2) is 99.4 Å². The summed E-state index contributed by atoms with van der Waals surface area (Å²) >= 11 is 14.5. The number of allylic oxidation sites excluding steroid dienone is 2. The van der Waals surface area contributed by atoms with E-state index in [4.69, 9.17) is 28.2 Å². The standard InChI is InChI=1S/C30H21Cl2FN2OS/c31-24-10-3-1-6-19(24)17-20-7-5-9-23-27(20)34-30-35(28(23)22-8-2-4-11-25(22)32)29(36)26(37-30)16-18-12-14-21(33)15-13-18/h1-4,6,8,10-17,28H,5,7,9H2/b20-17+,26-16+/t28-/m0/s1. The normalized spacial score (nSPS) is 18.5. The third-order valence-corrected chi connectivity index (χ3v) is 8.41. The fourth-order valence-corrected chi connectivity index (χ4v) is 6.45. The van der Waals surface area contributed by atoms with Crippen LogP contribution in [0.5, 0.6) is 0 Å². The molecule has 0 spiro atoms. The highest BCUT2D eigenvalue weighted by atomic mass is 35.5. The first-order valence-electron chi connectivity index (χ1n) is 12.0. The zero-order valence-corrected chi connectivity index (χ0v) is 22.0. The SMILES string of the molecule is O=c1/c(=C\c2ccc(F)cc2)sc2n1[C@@H](c1ccccc1Cl)C1=C(N=2)/C(=C/c2ccccc2Cl)CCC1. The van der Waals surface area contributed by atoms with Crippen LogP contribution in [-0.4, -0.2) is 4.57 Å². The monoisotopic (exact) mass is 546 g/mol. The third-order valence-electron chi connectivity index (χ3n) is 6.74. The molecule has 3 nitrogen and oxygen atoms in total. The zero-order valence-electron chi connectivity index (χ0n) is 19.6. The van der Waals surface area contributed by atoms with Crippen LogP contribution in [0, 0.1) is 5.82 Å². The minimum absolute atomic E-state index is 0.133. The molecule has 4 aromatic rings. The zero-order chi connectivity index (χ0) is 25.5. The van der Waals surface area contributed by atoms with E-state index in [0.29, 0.717) is 19.4 Å². The van der Waals surface area contributed by atoms with Crippen LogP contribution in [0.2, 0.25) is 10.0 Å². The Balaban J connectivity index is 1.60. The van der Waals surface area contributed by atoms with E-state index in [1.165, 1.54) is 23.5 Å². The first-order valence-corrected chi connectivity index (χ1v) is 13.6. The lowest BCUT2D eigenvalue weighted by Gasteiger charge is -2.31. The molecule has 0 saturated carbocycles. The molecule has 0 radical (unpaired) electrons. The molecule has 37 heavy (non-hydrogen) atoms. The third kappa shape index (κ3) is 4.52. The highest BCUT2D eigenvalue weighted by Gasteiger charge is 2.33. The van der Waals surface area contributed by atoms with Gasteiger partial charge < -0.3 is 0 Å². The van der Waals surface area contributed by atoms with Gasteiger partial charge in [0.25, 0.3) is 5.56 Å². The van der Waals surface area contributed by atoms with Gasteiger partial charge in [0.2, 0.25) is 0 Å². The smallest absolute Gasteiger partial charge is 0.271 e. The van der Waals surface area contributed by atoms with E-state index in [1.54, 1.807) is 22.8 Å². The maximum absolute atomic E-state index is 13.8. The molecule has 0 N–H and O–H groups in total. The molecule has 1 aromatic heterocycles. The van der Waals surface area contributed by atoms with Crippen molar-refractivity contribution in [2.24, 2.45) is 4.99 Å². The van der Waals surface area contributed by atoms with Crippen LogP contribution in [0.3, 0.4) is 0 Å². The molecule has 2 heterocycles. The van der Waals surface area contributed by atoms with E-state index in [0.717, 1.165) is 52.8 Å². The van der Waals surface area contributed by atoms with Gasteiger partial charge in [0, 0.05) is 10.0 Å². The second-order valence-corrected chi connectivity index (χ2v) is 10.9. The summed E-state index contributed by atoms with van der Waals surface area (Å²) in [7, 11) is 0. The number of fused-ring (bicyclic) bond motifs is 1. The number of rotatable bonds is 3. The van der Waals surface area contributed by atoms with Gasteiger partial charge in [-0.2, -0.15) is 0 Å². The molecule has 6 rings (SSSR count). The van der Waals surface area contributed by atoms with Crippen molar-refractivity contribution >= 4 is 46.7 Å². The molecular formula is C30H21Cl2FN2OS. The summed E-state index contributed by atoms with van der Waals surface area (Å²) in [6.07, 6.45) is 6.52. The Bertz CT molecular complexity index is 1770. The van der Waals surface area contributed by atoms with Gasteiger partial charge in [0.1, 0.15) is 5.82 Å². The fraction of sp³-hybridized carbons (Fsp3) is 0.133. The summed E-state index contributed by atoms with van der Waals surface area (Å²) in [5, 5.41) is 1.29. The summed E-state index contributed by atoms with van der Waals surface area (Å²) in [5.41, 5.74) is 5.53. The molecule has 184 valence electrons. The van der Waals surface area contributed by atoms with Crippen LogP contribution >= 0.6 is 34.5 Å². The Morgan fingerprint density at radius 1 is 0.919 bits per heavy atom. The van der Waals surface area contributed by atoms with E-state index in [1.807, 2.05) is 48.5 Å². The Hall–Kier alpha value is -3.25. The Kier molecular flexibility index (Phi) is 6.45. The lowest BCUT2D eigenvalue weighted by Crippen LogP contribution is -2.39. The van der Waals surface area contributed by atoms with Gasteiger partial charge >= 0.3 is 0 Å².